The number of nitrogens with one attached hydrogen (secondary N) is 2. The van der Waals surface area contributed by atoms with Gasteiger partial charge >= 0.3 is 5.97 Å². The second kappa shape index (κ2) is 9.08. The molecule has 1 saturated carbocycles. The van der Waals surface area contributed by atoms with Gasteiger partial charge < -0.3 is 15.4 Å². The quantitative estimate of drug-likeness (QED) is 0.617. The number of thiocarbonyl (C=S) groups is 1. The maximum Gasteiger partial charge on any atom is 0.339 e. The standard InChI is InChI=1S/C17H23ClN2O2S/c1-22-16(21)14-11-13(9-10-15(14)18)20-17(23)19-12-7-5-3-2-4-6-8-12/h9-12H,2-8H2,1H3,(H2,19,20,23). The van der Waals surface area contributed by atoms with Crippen molar-refractivity contribution in [2.45, 2.75) is 51.0 Å². The molecule has 1 aliphatic carbocycles. The van der Waals surface area contributed by atoms with Gasteiger partial charge in [-0.2, -0.15) is 0 Å². The van der Waals surface area contributed by atoms with Crippen LogP contribution >= 0.6 is 23.8 Å². The van der Waals surface area contributed by atoms with Crippen LogP contribution in [-0.4, -0.2) is 24.2 Å². The molecule has 0 spiro atoms. The molecule has 0 saturated heterocycles. The Morgan fingerprint density at radius 3 is 2.52 bits per heavy atom. The van der Waals surface area contributed by atoms with Crippen molar-refractivity contribution in [3.8, 4) is 0 Å². The fourth-order valence-corrected chi connectivity index (χ4v) is 3.30. The number of carbonyl (C=O) groups excluding carboxylic acids is 1. The van der Waals surface area contributed by atoms with E-state index >= 15 is 0 Å². The minimum Gasteiger partial charge on any atom is -0.465 e. The summed E-state index contributed by atoms with van der Waals surface area (Å²) in [4.78, 5) is 11.7. The van der Waals surface area contributed by atoms with Crippen molar-refractivity contribution in [2.24, 2.45) is 0 Å². The third kappa shape index (κ3) is 5.66. The lowest BCUT2D eigenvalue weighted by molar-refractivity contribution is 0.0601. The number of rotatable bonds is 3. The van der Waals surface area contributed by atoms with Gasteiger partial charge in [0.15, 0.2) is 5.11 Å². The molecular formula is C17H23ClN2O2S. The zero-order valence-corrected chi connectivity index (χ0v) is 14.9. The molecule has 1 fully saturated rings. The van der Waals surface area contributed by atoms with E-state index in [-0.39, 0.29) is 0 Å². The minimum absolute atomic E-state index is 0.327. The van der Waals surface area contributed by atoms with Crippen molar-refractivity contribution in [3.63, 3.8) is 0 Å². The number of methoxy groups -OCH3 is 1. The molecule has 1 aliphatic rings. The fourth-order valence-electron chi connectivity index (χ4n) is 2.82. The number of hydrogen-bond acceptors (Lipinski definition) is 3. The molecule has 0 heterocycles. The van der Waals surface area contributed by atoms with Crippen LogP contribution < -0.4 is 10.6 Å². The number of carbonyl (C=O) groups is 1. The Balaban J connectivity index is 1.95. The van der Waals surface area contributed by atoms with Crippen LogP contribution in [0.5, 0.6) is 0 Å². The second-order valence-electron chi connectivity index (χ2n) is 5.83. The van der Waals surface area contributed by atoms with Gasteiger partial charge in [-0.25, -0.2) is 4.79 Å². The first-order valence-electron chi connectivity index (χ1n) is 8.05. The summed E-state index contributed by atoms with van der Waals surface area (Å²) >= 11 is 11.4. The third-order valence-corrected chi connectivity index (χ3v) is 4.62. The smallest absolute Gasteiger partial charge is 0.339 e. The molecule has 0 unspecified atom stereocenters. The molecule has 0 radical (unpaired) electrons. The first-order chi connectivity index (χ1) is 11.1. The lowest BCUT2D eigenvalue weighted by Crippen LogP contribution is -2.38. The topological polar surface area (TPSA) is 50.4 Å². The van der Waals surface area contributed by atoms with E-state index in [1.807, 2.05) is 0 Å². The van der Waals surface area contributed by atoms with Crippen LogP contribution in [0.2, 0.25) is 5.02 Å². The van der Waals surface area contributed by atoms with Gasteiger partial charge in [-0.15, -0.1) is 0 Å². The molecular weight excluding hydrogens is 332 g/mol. The van der Waals surface area contributed by atoms with E-state index in [2.05, 4.69) is 10.6 Å². The molecule has 0 aliphatic heterocycles. The molecule has 0 atom stereocenters. The summed E-state index contributed by atoms with van der Waals surface area (Å²) in [6, 6.07) is 5.53. The second-order valence-corrected chi connectivity index (χ2v) is 6.64. The highest BCUT2D eigenvalue weighted by Gasteiger charge is 2.14. The Hall–Kier alpha value is -1.33. The number of hydrogen-bond donors (Lipinski definition) is 2. The maximum absolute atomic E-state index is 11.7. The molecule has 0 bridgehead atoms. The monoisotopic (exact) mass is 354 g/mol. The summed E-state index contributed by atoms with van der Waals surface area (Å²) in [6.45, 7) is 0. The van der Waals surface area contributed by atoms with Crippen LogP contribution in [0.3, 0.4) is 0 Å². The van der Waals surface area contributed by atoms with Crippen molar-refractivity contribution >= 4 is 40.6 Å². The third-order valence-electron chi connectivity index (χ3n) is 4.07. The van der Waals surface area contributed by atoms with Crippen molar-refractivity contribution in [2.75, 3.05) is 12.4 Å². The Morgan fingerprint density at radius 1 is 1.22 bits per heavy atom. The highest BCUT2D eigenvalue weighted by atomic mass is 35.5. The summed E-state index contributed by atoms with van der Waals surface area (Å²) in [5.41, 5.74) is 1.05. The first-order valence-corrected chi connectivity index (χ1v) is 8.84. The van der Waals surface area contributed by atoms with Gasteiger partial charge in [0.05, 0.1) is 17.7 Å². The van der Waals surface area contributed by atoms with E-state index in [0.717, 1.165) is 18.5 Å². The molecule has 0 amide bonds. The number of ether oxygens (including phenoxy) is 1. The van der Waals surface area contributed by atoms with Crippen molar-refractivity contribution < 1.29 is 9.53 Å². The maximum atomic E-state index is 11.7. The molecule has 23 heavy (non-hydrogen) atoms. The number of halogens is 1. The Labute approximate surface area is 147 Å². The van der Waals surface area contributed by atoms with Crippen LogP contribution in [0.1, 0.15) is 55.3 Å². The van der Waals surface area contributed by atoms with Crippen LogP contribution in [0, 0.1) is 0 Å². The van der Waals surface area contributed by atoms with Gasteiger partial charge in [0.25, 0.3) is 0 Å². The predicted octanol–water partition coefficient (Wildman–Crippen LogP) is 4.53. The van der Waals surface area contributed by atoms with Gasteiger partial charge in [0, 0.05) is 11.7 Å². The lowest BCUT2D eigenvalue weighted by Gasteiger charge is -2.23. The van der Waals surface area contributed by atoms with Crippen LogP contribution in [0.4, 0.5) is 5.69 Å². The zero-order valence-electron chi connectivity index (χ0n) is 13.4. The van der Waals surface area contributed by atoms with Crippen LogP contribution in [-0.2, 0) is 4.74 Å². The van der Waals surface area contributed by atoms with Crippen molar-refractivity contribution in [1.29, 1.82) is 0 Å². The molecule has 2 rings (SSSR count). The average Bonchev–Trinajstić information content (AvgIpc) is 2.51. The molecule has 1 aromatic rings. The van der Waals surface area contributed by atoms with E-state index in [1.165, 1.54) is 39.2 Å². The average molecular weight is 355 g/mol. The molecule has 126 valence electrons. The number of benzene rings is 1. The van der Waals surface area contributed by atoms with Gasteiger partial charge in [-0.3, -0.25) is 0 Å². The Bertz CT molecular complexity index is 558. The lowest BCUT2D eigenvalue weighted by atomic mass is 9.97. The van der Waals surface area contributed by atoms with Gasteiger partial charge in [0.2, 0.25) is 0 Å². The summed E-state index contributed by atoms with van der Waals surface area (Å²) in [5.74, 6) is -0.461. The number of esters is 1. The molecule has 0 aromatic heterocycles. The summed E-state index contributed by atoms with van der Waals surface area (Å²) < 4.78 is 4.72. The normalized spacial score (nSPS) is 16.1. The van der Waals surface area contributed by atoms with E-state index < -0.39 is 5.97 Å². The highest BCUT2D eigenvalue weighted by molar-refractivity contribution is 7.80. The molecule has 6 heteroatoms. The van der Waals surface area contributed by atoms with Crippen LogP contribution in [0.25, 0.3) is 0 Å². The summed E-state index contributed by atoms with van der Waals surface area (Å²) in [6.07, 6.45) is 8.74. The van der Waals surface area contributed by atoms with E-state index in [9.17, 15) is 4.79 Å². The van der Waals surface area contributed by atoms with Crippen molar-refractivity contribution in [3.05, 3.63) is 28.8 Å². The van der Waals surface area contributed by atoms with Gasteiger partial charge in [-0.05, 0) is 43.3 Å². The SMILES string of the molecule is COC(=O)c1cc(NC(=S)NC2CCCCCCC2)ccc1Cl. The van der Waals surface area contributed by atoms with E-state index in [4.69, 9.17) is 28.6 Å². The number of anilines is 1. The summed E-state index contributed by atoms with van der Waals surface area (Å²) in [5, 5.41) is 7.45. The molecule has 4 nitrogen and oxygen atoms in total. The molecule has 2 N–H and O–H groups in total. The first kappa shape index (κ1) is 18.0. The van der Waals surface area contributed by atoms with Crippen molar-refractivity contribution in [1.82, 2.24) is 5.32 Å². The van der Waals surface area contributed by atoms with E-state index in [1.54, 1.807) is 18.2 Å². The predicted molar refractivity (Wildman–Crippen MR) is 98.3 cm³/mol. The Kier molecular flexibility index (Phi) is 7.12. The minimum atomic E-state index is -0.461. The zero-order chi connectivity index (χ0) is 16.7. The fraction of sp³-hybridized carbons (Fsp3) is 0.529. The Morgan fingerprint density at radius 2 is 1.87 bits per heavy atom. The van der Waals surface area contributed by atoms with Gasteiger partial charge in [0.1, 0.15) is 0 Å². The summed E-state index contributed by atoms with van der Waals surface area (Å²) in [7, 11) is 1.33. The largest absolute Gasteiger partial charge is 0.465 e. The van der Waals surface area contributed by atoms with Crippen LogP contribution in [0.15, 0.2) is 18.2 Å². The van der Waals surface area contributed by atoms with Gasteiger partial charge in [-0.1, -0.05) is 43.7 Å². The highest BCUT2D eigenvalue weighted by Crippen LogP contribution is 2.22. The molecule has 1 aromatic carbocycles. The van der Waals surface area contributed by atoms with E-state index in [0.29, 0.717) is 21.7 Å².